The molecule has 0 fully saturated rings. The van der Waals surface area contributed by atoms with Gasteiger partial charge in [-0.05, 0) is 24.5 Å². The maximum atomic E-state index is 13.2. The van der Waals surface area contributed by atoms with E-state index >= 15 is 0 Å². The zero-order chi connectivity index (χ0) is 19.1. The summed E-state index contributed by atoms with van der Waals surface area (Å²) >= 11 is 0. The highest BCUT2D eigenvalue weighted by atomic mass is 16.5. The van der Waals surface area contributed by atoms with Crippen molar-refractivity contribution in [1.82, 2.24) is 5.32 Å². The van der Waals surface area contributed by atoms with Gasteiger partial charge in [-0.1, -0.05) is 55.5 Å². The topological polar surface area (TPSA) is 55.4 Å². The Labute approximate surface area is 158 Å². The number of hydrogen-bond acceptors (Lipinski definition) is 4. The number of ether oxygens (including phenoxy) is 1. The summed E-state index contributed by atoms with van der Waals surface area (Å²) in [5.74, 6) is -0.897. The summed E-state index contributed by atoms with van der Waals surface area (Å²) in [7, 11) is 1.37. The number of carbonyl (C=O) groups is 2. The van der Waals surface area contributed by atoms with Crippen LogP contribution in [-0.4, -0.2) is 18.9 Å². The van der Waals surface area contributed by atoms with Crippen LogP contribution in [0.1, 0.15) is 46.8 Å². The fraction of sp³-hybridized carbons (Fsp3) is 0.217. The largest absolute Gasteiger partial charge is 0.466 e. The van der Waals surface area contributed by atoms with Gasteiger partial charge in [-0.3, -0.25) is 4.79 Å². The van der Waals surface area contributed by atoms with Crippen LogP contribution < -0.4 is 5.32 Å². The molecule has 4 rings (SSSR count). The van der Waals surface area contributed by atoms with Gasteiger partial charge in [0.15, 0.2) is 5.78 Å². The minimum atomic E-state index is -0.445. The van der Waals surface area contributed by atoms with E-state index in [9.17, 15) is 9.59 Å². The average molecular weight is 359 g/mol. The molecule has 0 bridgehead atoms. The minimum absolute atomic E-state index is 0.0356. The molecule has 0 saturated carbocycles. The molecular weight excluding hydrogens is 338 g/mol. The zero-order valence-corrected chi connectivity index (χ0v) is 15.6. The van der Waals surface area contributed by atoms with Gasteiger partial charge in [0.25, 0.3) is 0 Å². The Morgan fingerprint density at radius 3 is 2.37 bits per heavy atom. The lowest BCUT2D eigenvalue weighted by Crippen LogP contribution is -2.29. The van der Waals surface area contributed by atoms with Crippen LogP contribution in [-0.2, 0) is 16.0 Å². The second-order valence-electron chi connectivity index (χ2n) is 6.85. The van der Waals surface area contributed by atoms with E-state index in [1.165, 1.54) is 12.7 Å². The monoisotopic (exact) mass is 359 g/mol. The Morgan fingerprint density at radius 2 is 1.74 bits per heavy atom. The molecule has 0 unspecified atom stereocenters. The van der Waals surface area contributed by atoms with Crippen molar-refractivity contribution < 1.29 is 14.3 Å². The molecule has 1 aliphatic carbocycles. The van der Waals surface area contributed by atoms with Crippen molar-refractivity contribution >= 4 is 17.4 Å². The molecule has 1 N–H and O–H groups in total. The number of fused-ring (bicyclic) bond motifs is 2. The van der Waals surface area contributed by atoms with E-state index in [1.54, 1.807) is 0 Å². The highest BCUT2D eigenvalue weighted by Crippen LogP contribution is 2.46. The van der Waals surface area contributed by atoms with Crippen molar-refractivity contribution in [1.29, 1.82) is 0 Å². The lowest BCUT2D eigenvalue weighted by Gasteiger charge is -2.29. The molecule has 0 spiro atoms. The molecule has 0 aromatic heterocycles. The van der Waals surface area contributed by atoms with Gasteiger partial charge < -0.3 is 10.1 Å². The van der Waals surface area contributed by atoms with E-state index in [1.807, 2.05) is 43.3 Å². The third kappa shape index (κ3) is 2.60. The van der Waals surface area contributed by atoms with Crippen LogP contribution in [0.2, 0.25) is 0 Å². The van der Waals surface area contributed by atoms with Crippen molar-refractivity contribution in [2.45, 2.75) is 26.2 Å². The van der Waals surface area contributed by atoms with Crippen LogP contribution in [0.4, 0.5) is 0 Å². The minimum Gasteiger partial charge on any atom is -0.466 e. The third-order valence-electron chi connectivity index (χ3n) is 5.38. The zero-order valence-electron chi connectivity index (χ0n) is 15.6. The number of nitrogens with one attached hydrogen (secondary N) is 1. The van der Waals surface area contributed by atoms with E-state index in [2.05, 4.69) is 24.4 Å². The smallest absolute Gasteiger partial charge is 0.336 e. The lowest BCUT2D eigenvalue weighted by molar-refractivity contribution is -0.136. The number of carbonyl (C=O) groups excluding carboxylic acids is 2. The van der Waals surface area contributed by atoms with Gasteiger partial charge in [0.05, 0.1) is 18.4 Å². The Morgan fingerprint density at radius 1 is 1.07 bits per heavy atom. The van der Waals surface area contributed by atoms with E-state index in [4.69, 9.17) is 4.74 Å². The maximum absolute atomic E-state index is 13.2. The molecular formula is C23H21NO3. The van der Waals surface area contributed by atoms with Crippen LogP contribution in [0.5, 0.6) is 0 Å². The van der Waals surface area contributed by atoms with Crippen molar-refractivity contribution in [2.75, 3.05) is 7.11 Å². The molecule has 0 saturated heterocycles. The normalized spacial score (nSPS) is 18.2. The second-order valence-corrected chi connectivity index (χ2v) is 6.85. The Bertz CT molecular complexity index is 1010. The lowest BCUT2D eigenvalue weighted by atomic mass is 9.79. The number of hydrogen-bond donors (Lipinski definition) is 1. The number of esters is 1. The van der Waals surface area contributed by atoms with Crippen molar-refractivity contribution in [2.24, 2.45) is 0 Å². The molecule has 2 aliphatic rings. The summed E-state index contributed by atoms with van der Waals surface area (Å²) in [5, 5.41) is 3.29. The number of dihydropyridines is 1. The molecule has 0 amide bonds. The van der Waals surface area contributed by atoms with Gasteiger partial charge in [-0.2, -0.15) is 0 Å². The first-order chi connectivity index (χ1) is 13.1. The molecule has 4 nitrogen and oxygen atoms in total. The fourth-order valence-electron chi connectivity index (χ4n) is 3.99. The van der Waals surface area contributed by atoms with Crippen molar-refractivity contribution in [3.8, 4) is 0 Å². The van der Waals surface area contributed by atoms with Crippen molar-refractivity contribution in [3.63, 3.8) is 0 Å². The van der Waals surface area contributed by atoms with Crippen LogP contribution in [0.25, 0.3) is 5.70 Å². The van der Waals surface area contributed by atoms with Gasteiger partial charge in [0.1, 0.15) is 0 Å². The Balaban J connectivity index is 1.92. The van der Waals surface area contributed by atoms with Crippen LogP contribution in [0, 0.1) is 0 Å². The summed E-state index contributed by atoms with van der Waals surface area (Å²) in [5.41, 5.74) is 6.30. The first-order valence-corrected chi connectivity index (χ1v) is 9.10. The number of allylic oxidation sites excluding steroid dienone is 2. The summed E-state index contributed by atoms with van der Waals surface area (Å²) in [6, 6.07) is 15.7. The summed E-state index contributed by atoms with van der Waals surface area (Å²) in [4.78, 5) is 25.8. The predicted molar refractivity (Wildman–Crippen MR) is 104 cm³/mol. The molecule has 4 heteroatoms. The highest BCUT2D eigenvalue weighted by Gasteiger charge is 2.42. The van der Waals surface area contributed by atoms with E-state index < -0.39 is 11.9 Å². The van der Waals surface area contributed by atoms with Crippen LogP contribution in [0.15, 0.2) is 65.4 Å². The van der Waals surface area contributed by atoms with Gasteiger partial charge in [0, 0.05) is 28.3 Å². The third-order valence-corrected chi connectivity index (χ3v) is 5.38. The number of benzene rings is 2. The number of methoxy groups -OCH3 is 1. The van der Waals surface area contributed by atoms with Crippen molar-refractivity contribution in [3.05, 3.63) is 87.6 Å². The first-order valence-electron chi connectivity index (χ1n) is 9.10. The number of Topliss-reactive ketones (excluding diaryl/α,β-unsaturated/α-hetero) is 1. The molecule has 2 aromatic rings. The van der Waals surface area contributed by atoms with E-state index in [0.717, 1.165) is 28.9 Å². The maximum Gasteiger partial charge on any atom is 0.336 e. The Kier molecular flexibility index (Phi) is 4.19. The average Bonchev–Trinajstić information content (AvgIpc) is 2.99. The highest BCUT2D eigenvalue weighted by molar-refractivity contribution is 6.23. The molecule has 0 radical (unpaired) electrons. The van der Waals surface area contributed by atoms with E-state index in [-0.39, 0.29) is 5.78 Å². The molecule has 1 heterocycles. The van der Waals surface area contributed by atoms with Crippen LogP contribution >= 0.6 is 0 Å². The number of ketones is 1. The molecule has 2 aromatic carbocycles. The standard InChI is InChI=1S/C23H21NO3/c1-4-14-9-11-15(12-10-14)19-18(23(26)27-3)13(2)24-21-16-7-5-6-8-17(16)22(25)20(19)21/h5-12,19,24H,4H2,1-3H3/t19-/m0/s1. The van der Waals surface area contributed by atoms with Gasteiger partial charge >= 0.3 is 5.97 Å². The summed E-state index contributed by atoms with van der Waals surface area (Å²) in [6.07, 6.45) is 0.934. The summed E-state index contributed by atoms with van der Waals surface area (Å²) < 4.78 is 5.05. The molecule has 136 valence electrons. The molecule has 27 heavy (non-hydrogen) atoms. The number of aryl methyl sites for hydroxylation is 1. The number of rotatable bonds is 3. The quantitative estimate of drug-likeness (QED) is 0.842. The van der Waals surface area contributed by atoms with Crippen LogP contribution in [0.3, 0.4) is 0 Å². The first kappa shape index (κ1) is 17.3. The van der Waals surface area contributed by atoms with E-state index in [0.29, 0.717) is 16.7 Å². The predicted octanol–water partition coefficient (Wildman–Crippen LogP) is 3.99. The van der Waals surface area contributed by atoms with Gasteiger partial charge in [0.2, 0.25) is 0 Å². The molecule has 1 atom stereocenters. The SMILES string of the molecule is CCc1ccc([C@H]2C(C(=O)OC)=C(C)NC3=C2C(=O)c2ccccc23)cc1. The molecule has 1 aliphatic heterocycles. The Hall–Kier alpha value is -3.14. The second kappa shape index (κ2) is 6.54. The summed E-state index contributed by atoms with van der Waals surface area (Å²) in [6.45, 7) is 3.95. The fourth-order valence-corrected chi connectivity index (χ4v) is 3.99. The van der Waals surface area contributed by atoms with Gasteiger partial charge in [-0.25, -0.2) is 4.79 Å². The van der Waals surface area contributed by atoms with Gasteiger partial charge in [-0.15, -0.1) is 0 Å².